The van der Waals surface area contributed by atoms with Gasteiger partial charge in [-0.2, -0.15) is 0 Å². The molecule has 2 aliphatic heterocycles. The van der Waals surface area contributed by atoms with Gasteiger partial charge >= 0.3 is 6.03 Å². The maximum atomic E-state index is 12.1. The lowest BCUT2D eigenvalue weighted by molar-refractivity contribution is 0.174. The summed E-state index contributed by atoms with van der Waals surface area (Å²) in [5, 5.41) is 5.73. The van der Waals surface area contributed by atoms with Gasteiger partial charge in [-0.3, -0.25) is 0 Å². The number of carbonyl (C=O) groups excluding carboxylic acids is 1. The van der Waals surface area contributed by atoms with Gasteiger partial charge in [0, 0.05) is 32.4 Å². The van der Waals surface area contributed by atoms with E-state index in [1.165, 1.54) is 11.1 Å². The maximum Gasteiger partial charge on any atom is 0.315 e. The molecule has 7 nitrogen and oxygen atoms in total. The first-order valence-electron chi connectivity index (χ1n) is 10.4. The smallest absolute Gasteiger partial charge is 0.315 e. The summed E-state index contributed by atoms with van der Waals surface area (Å²) in [6.07, 6.45) is 2.86. The van der Waals surface area contributed by atoms with Crippen LogP contribution in [0, 0.1) is 0 Å². The largest absolute Gasteiger partial charge is 0.454 e. The van der Waals surface area contributed by atoms with Gasteiger partial charge in [0.2, 0.25) is 6.79 Å². The van der Waals surface area contributed by atoms with Crippen molar-refractivity contribution in [3.63, 3.8) is 0 Å². The zero-order valence-corrected chi connectivity index (χ0v) is 17.1. The molecule has 0 aliphatic carbocycles. The van der Waals surface area contributed by atoms with E-state index in [0.717, 1.165) is 42.2 Å². The van der Waals surface area contributed by atoms with Gasteiger partial charge in [-0.1, -0.05) is 36.4 Å². The number of nitrogens with zero attached hydrogens (tertiary/aromatic N) is 2. The lowest BCUT2D eigenvalue weighted by atomic mass is 10.00. The molecule has 3 heterocycles. The Balaban J connectivity index is 1.11. The van der Waals surface area contributed by atoms with Crippen LogP contribution in [0.5, 0.6) is 11.5 Å². The fourth-order valence-corrected chi connectivity index (χ4v) is 3.88. The van der Waals surface area contributed by atoms with Crippen molar-refractivity contribution >= 4 is 11.8 Å². The van der Waals surface area contributed by atoms with Crippen molar-refractivity contribution < 1.29 is 14.3 Å². The van der Waals surface area contributed by atoms with Crippen molar-refractivity contribution in [1.82, 2.24) is 15.6 Å². The van der Waals surface area contributed by atoms with Gasteiger partial charge in [-0.05, 0) is 46.9 Å². The van der Waals surface area contributed by atoms with Crippen molar-refractivity contribution in [3.8, 4) is 11.5 Å². The van der Waals surface area contributed by atoms with Gasteiger partial charge in [0.05, 0.1) is 0 Å². The van der Waals surface area contributed by atoms with E-state index in [1.807, 2.05) is 36.5 Å². The van der Waals surface area contributed by atoms with Crippen LogP contribution in [0.3, 0.4) is 0 Å². The maximum absolute atomic E-state index is 12.1. The Kier molecular flexibility index (Phi) is 5.31. The standard InChI is InChI=1S/C24H24N4O3/c29-24(26-12-17-5-7-21-22(11-17)31-16-30-21)27-14-18-6-8-23(25-13-18)28-10-9-19-3-1-2-4-20(19)15-28/h1-8,11,13H,9-10,12,14-16H2,(H2,26,27,29). The van der Waals surface area contributed by atoms with Crippen LogP contribution < -0.4 is 25.0 Å². The first-order valence-corrected chi connectivity index (χ1v) is 10.4. The number of aromatic nitrogens is 1. The predicted octanol–water partition coefficient (Wildman–Crippen LogP) is 3.37. The highest BCUT2D eigenvalue weighted by atomic mass is 16.7. The molecule has 0 radical (unpaired) electrons. The minimum Gasteiger partial charge on any atom is -0.454 e. The molecule has 2 aromatic carbocycles. The van der Waals surface area contributed by atoms with E-state index in [0.29, 0.717) is 18.8 Å². The monoisotopic (exact) mass is 416 g/mol. The number of urea groups is 1. The highest BCUT2D eigenvalue weighted by Crippen LogP contribution is 2.32. The molecule has 158 valence electrons. The number of hydrogen-bond acceptors (Lipinski definition) is 5. The first kappa shape index (κ1) is 19.2. The molecule has 0 unspecified atom stereocenters. The van der Waals surface area contributed by atoms with Crippen LogP contribution in [-0.4, -0.2) is 24.4 Å². The van der Waals surface area contributed by atoms with E-state index >= 15 is 0 Å². The highest BCUT2D eigenvalue weighted by molar-refractivity contribution is 5.73. The number of nitrogens with one attached hydrogen (secondary N) is 2. The third-order valence-corrected chi connectivity index (χ3v) is 5.61. The second kappa shape index (κ2) is 8.55. The van der Waals surface area contributed by atoms with Gasteiger partial charge in [-0.25, -0.2) is 9.78 Å². The number of carbonyl (C=O) groups is 1. The number of amides is 2. The Morgan fingerprint density at radius 2 is 1.71 bits per heavy atom. The minimum absolute atomic E-state index is 0.227. The summed E-state index contributed by atoms with van der Waals surface area (Å²) in [5.41, 5.74) is 4.69. The summed E-state index contributed by atoms with van der Waals surface area (Å²) in [5.74, 6) is 2.41. The van der Waals surface area contributed by atoms with E-state index < -0.39 is 0 Å². The number of anilines is 1. The van der Waals surface area contributed by atoms with Crippen LogP contribution in [0.25, 0.3) is 0 Å². The van der Waals surface area contributed by atoms with Gasteiger partial charge in [0.25, 0.3) is 0 Å². The number of hydrogen-bond donors (Lipinski definition) is 2. The molecule has 3 aromatic rings. The number of pyridine rings is 1. The van der Waals surface area contributed by atoms with E-state index in [9.17, 15) is 4.79 Å². The number of benzene rings is 2. The van der Waals surface area contributed by atoms with Crippen LogP contribution >= 0.6 is 0 Å². The Morgan fingerprint density at radius 1 is 0.935 bits per heavy atom. The second-order valence-corrected chi connectivity index (χ2v) is 7.69. The van der Waals surface area contributed by atoms with Crippen molar-refractivity contribution in [2.24, 2.45) is 0 Å². The summed E-state index contributed by atoms with van der Waals surface area (Å²) < 4.78 is 10.7. The van der Waals surface area contributed by atoms with Crippen LogP contribution in [0.15, 0.2) is 60.8 Å². The molecule has 31 heavy (non-hydrogen) atoms. The molecule has 2 amide bonds. The molecule has 0 spiro atoms. The van der Waals surface area contributed by atoms with Gasteiger partial charge < -0.3 is 25.0 Å². The van der Waals surface area contributed by atoms with Gasteiger partial charge in [0.1, 0.15) is 5.82 Å². The lowest BCUT2D eigenvalue weighted by Gasteiger charge is -2.29. The summed E-state index contributed by atoms with van der Waals surface area (Å²) in [7, 11) is 0. The summed E-state index contributed by atoms with van der Waals surface area (Å²) in [6.45, 7) is 2.91. The fraction of sp³-hybridized carbons (Fsp3) is 0.250. The quantitative estimate of drug-likeness (QED) is 0.667. The van der Waals surface area contributed by atoms with Crippen LogP contribution in [0.2, 0.25) is 0 Å². The summed E-state index contributed by atoms with van der Waals surface area (Å²) >= 11 is 0. The van der Waals surface area contributed by atoms with Crippen LogP contribution in [0.1, 0.15) is 22.3 Å². The third-order valence-electron chi connectivity index (χ3n) is 5.61. The fourth-order valence-electron chi connectivity index (χ4n) is 3.88. The molecule has 2 aliphatic rings. The SMILES string of the molecule is O=C(NCc1ccc(N2CCc3ccccc3C2)nc1)NCc1ccc2c(c1)OCO2. The molecule has 0 saturated heterocycles. The molecule has 5 rings (SSSR count). The number of fused-ring (bicyclic) bond motifs is 2. The van der Waals surface area contributed by atoms with Crippen molar-refractivity contribution in [3.05, 3.63) is 83.0 Å². The van der Waals surface area contributed by atoms with Crippen molar-refractivity contribution in [1.29, 1.82) is 0 Å². The molecule has 0 fully saturated rings. The molecule has 0 saturated carbocycles. The third kappa shape index (κ3) is 4.40. The van der Waals surface area contributed by atoms with E-state index in [2.05, 4.69) is 44.8 Å². The van der Waals surface area contributed by atoms with Crippen LogP contribution in [0.4, 0.5) is 10.6 Å². The molecular formula is C24H24N4O3. The Morgan fingerprint density at radius 3 is 2.55 bits per heavy atom. The average molecular weight is 416 g/mol. The van der Waals surface area contributed by atoms with Crippen molar-refractivity contribution in [2.45, 2.75) is 26.1 Å². The molecule has 7 heteroatoms. The molecule has 0 atom stereocenters. The zero-order chi connectivity index (χ0) is 21.0. The van der Waals surface area contributed by atoms with E-state index in [-0.39, 0.29) is 12.8 Å². The van der Waals surface area contributed by atoms with Gasteiger partial charge in [0.15, 0.2) is 11.5 Å². The highest BCUT2D eigenvalue weighted by Gasteiger charge is 2.17. The Bertz CT molecular complexity index is 1080. The topological polar surface area (TPSA) is 75.7 Å². The first-order chi connectivity index (χ1) is 15.2. The normalized spacial score (nSPS) is 14.1. The Hall–Kier alpha value is -3.74. The summed E-state index contributed by atoms with van der Waals surface area (Å²) in [4.78, 5) is 19.0. The van der Waals surface area contributed by atoms with E-state index in [4.69, 9.17) is 9.47 Å². The van der Waals surface area contributed by atoms with Crippen molar-refractivity contribution in [2.75, 3.05) is 18.2 Å². The minimum atomic E-state index is -0.227. The van der Waals surface area contributed by atoms with E-state index in [1.54, 1.807) is 0 Å². The molecule has 1 aromatic heterocycles. The van der Waals surface area contributed by atoms with Gasteiger partial charge in [-0.15, -0.1) is 0 Å². The number of rotatable bonds is 5. The summed E-state index contributed by atoms with van der Waals surface area (Å²) in [6, 6.07) is 18.0. The Labute approximate surface area is 181 Å². The average Bonchev–Trinajstić information content (AvgIpc) is 3.29. The van der Waals surface area contributed by atoms with Crippen LogP contribution in [-0.2, 0) is 26.1 Å². The molecule has 0 bridgehead atoms. The molecular weight excluding hydrogens is 392 g/mol. The lowest BCUT2D eigenvalue weighted by Crippen LogP contribution is -2.34. The zero-order valence-electron chi connectivity index (χ0n) is 17.1. The number of ether oxygens (including phenoxy) is 2. The molecule has 2 N–H and O–H groups in total. The predicted molar refractivity (Wildman–Crippen MR) is 117 cm³/mol. The second-order valence-electron chi connectivity index (χ2n) is 7.69.